The molecule has 1 aromatic heterocycles. The smallest absolute Gasteiger partial charge is 0.238 e. The van der Waals surface area contributed by atoms with Crippen molar-refractivity contribution in [3.63, 3.8) is 0 Å². The van der Waals surface area contributed by atoms with Crippen molar-refractivity contribution in [2.75, 3.05) is 4.72 Å². The Labute approximate surface area is 94.9 Å². The zero-order valence-electron chi connectivity index (χ0n) is 9.64. The monoisotopic (exact) mass is 242 g/mol. The zero-order chi connectivity index (χ0) is 12.6. The van der Waals surface area contributed by atoms with Gasteiger partial charge in [0.15, 0.2) is 5.82 Å². The summed E-state index contributed by atoms with van der Waals surface area (Å²) in [5.41, 5.74) is 0.204. The zero-order valence-corrected chi connectivity index (χ0v) is 10.5. The molecule has 1 N–H and O–H groups in total. The third-order valence-electron chi connectivity index (χ3n) is 1.99. The first-order valence-corrected chi connectivity index (χ1v) is 6.12. The van der Waals surface area contributed by atoms with Gasteiger partial charge in [0.2, 0.25) is 10.0 Å². The second-order valence-corrected chi connectivity index (χ2v) is 6.83. The van der Waals surface area contributed by atoms with Gasteiger partial charge < -0.3 is 0 Å². The lowest BCUT2D eigenvalue weighted by Crippen LogP contribution is -2.34. The highest BCUT2D eigenvalue weighted by atomic mass is 32.2. The molecule has 0 bridgehead atoms. The van der Waals surface area contributed by atoms with E-state index in [1.54, 1.807) is 27.8 Å². The third kappa shape index (κ3) is 2.33. The number of nitrogens with one attached hydrogen (secondary N) is 1. The van der Waals surface area contributed by atoms with E-state index in [-0.39, 0.29) is 11.4 Å². The molecule has 1 rings (SSSR count). The summed E-state index contributed by atoms with van der Waals surface area (Å²) >= 11 is 0. The Kier molecular flexibility index (Phi) is 2.97. The Bertz CT molecular complexity index is 531. The summed E-state index contributed by atoms with van der Waals surface area (Å²) in [4.78, 5) is 0. The molecule has 0 unspecified atom stereocenters. The highest BCUT2D eigenvalue weighted by Gasteiger charge is 2.30. The van der Waals surface area contributed by atoms with Crippen molar-refractivity contribution in [1.82, 2.24) is 9.78 Å². The molecule has 1 heterocycles. The molecule has 0 radical (unpaired) electrons. The van der Waals surface area contributed by atoms with Gasteiger partial charge >= 0.3 is 0 Å². The molecular weight excluding hydrogens is 228 g/mol. The van der Waals surface area contributed by atoms with Gasteiger partial charge in [-0.25, -0.2) is 8.42 Å². The maximum absolute atomic E-state index is 11.8. The van der Waals surface area contributed by atoms with Crippen LogP contribution in [0.25, 0.3) is 0 Å². The minimum atomic E-state index is -3.55. The average molecular weight is 242 g/mol. The van der Waals surface area contributed by atoms with Crippen LogP contribution < -0.4 is 4.72 Å². The molecule has 16 heavy (non-hydrogen) atoms. The molecule has 6 nitrogen and oxygen atoms in total. The van der Waals surface area contributed by atoms with E-state index >= 15 is 0 Å². The highest BCUT2D eigenvalue weighted by molar-refractivity contribution is 7.94. The number of anilines is 1. The first-order chi connectivity index (χ1) is 7.17. The summed E-state index contributed by atoms with van der Waals surface area (Å²) < 4.78 is 26.4. The topological polar surface area (TPSA) is 87.8 Å². The van der Waals surface area contributed by atoms with Crippen LogP contribution in [0.1, 0.15) is 26.3 Å². The van der Waals surface area contributed by atoms with Crippen molar-refractivity contribution in [1.29, 1.82) is 5.26 Å². The number of hydrogen-bond donors (Lipinski definition) is 1. The molecule has 0 aliphatic carbocycles. The quantitative estimate of drug-likeness (QED) is 0.832. The van der Waals surface area contributed by atoms with E-state index in [0.29, 0.717) is 0 Å². The number of nitrogens with zero attached hydrogens (tertiary/aromatic N) is 3. The Morgan fingerprint density at radius 3 is 2.50 bits per heavy atom. The second-order valence-electron chi connectivity index (χ2n) is 4.39. The first kappa shape index (κ1) is 12.5. The summed E-state index contributed by atoms with van der Waals surface area (Å²) in [6.07, 6.45) is 1.46. The van der Waals surface area contributed by atoms with Crippen molar-refractivity contribution in [3.05, 3.63) is 11.8 Å². The fourth-order valence-electron chi connectivity index (χ4n) is 0.926. The Morgan fingerprint density at radius 2 is 2.06 bits per heavy atom. The minimum absolute atomic E-state index is 0.0694. The van der Waals surface area contributed by atoms with Crippen LogP contribution in [0, 0.1) is 11.3 Å². The second kappa shape index (κ2) is 3.79. The van der Waals surface area contributed by atoms with Crippen LogP contribution in [0.2, 0.25) is 0 Å². The third-order valence-corrected chi connectivity index (χ3v) is 4.06. The lowest BCUT2D eigenvalue weighted by molar-refractivity contribution is 0.565. The summed E-state index contributed by atoms with van der Waals surface area (Å²) in [7, 11) is -1.93. The predicted molar refractivity (Wildman–Crippen MR) is 60.2 cm³/mol. The molecule has 88 valence electrons. The van der Waals surface area contributed by atoms with Gasteiger partial charge in [-0.2, -0.15) is 10.4 Å². The van der Waals surface area contributed by atoms with Crippen molar-refractivity contribution in [3.8, 4) is 6.07 Å². The van der Waals surface area contributed by atoms with Gasteiger partial charge in [-0.3, -0.25) is 9.40 Å². The van der Waals surface area contributed by atoms with E-state index in [9.17, 15) is 8.42 Å². The molecule has 0 saturated carbocycles. The van der Waals surface area contributed by atoms with Crippen molar-refractivity contribution in [2.24, 2.45) is 7.05 Å². The number of sulfonamides is 1. The van der Waals surface area contributed by atoms with E-state index < -0.39 is 14.8 Å². The lowest BCUT2D eigenvalue weighted by atomic mass is 10.3. The molecule has 0 aliphatic rings. The fraction of sp³-hybridized carbons (Fsp3) is 0.556. The molecular formula is C9H14N4O2S. The fourth-order valence-corrected chi connectivity index (χ4v) is 1.64. The van der Waals surface area contributed by atoms with Crippen LogP contribution in [-0.4, -0.2) is 22.9 Å². The highest BCUT2D eigenvalue weighted by Crippen LogP contribution is 2.20. The molecule has 0 aromatic carbocycles. The number of hydrogen-bond acceptors (Lipinski definition) is 4. The van der Waals surface area contributed by atoms with Crippen LogP contribution in [0.5, 0.6) is 0 Å². The van der Waals surface area contributed by atoms with Crippen molar-refractivity contribution >= 4 is 15.8 Å². The summed E-state index contributed by atoms with van der Waals surface area (Å²) in [5, 5.41) is 12.7. The largest absolute Gasteiger partial charge is 0.272 e. The molecule has 1 aromatic rings. The summed E-state index contributed by atoms with van der Waals surface area (Å²) in [5.74, 6) is 0.0694. The standard InChI is InChI=1S/C9H14N4O2S/c1-9(2,3)16(14,15)12-8-7(5-10)6-13(4)11-8/h6H,1-4H3,(H,11,12). The molecule has 0 atom stereocenters. The van der Waals surface area contributed by atoms with Gasteiger partial charge in [-0.15, -0.1) is 0 Å². The molecule has 0 amide bonds. The van der Waals surface area contributed by atoms with Gasteiger partial charge in [-0.05, 0) is 20.8 Å². The number of nitriles is 1. The van der Waals surface area contributed by atoms with Gasteiger partial charge in [0, 0.05) is 13.2 Å². The Balaban J connectivity index is 3.12. The normalized spacial score (nSPS) is 12.2. The maximum Gasteiger partial charge on any atom is 0.238 e. The number of aromatic nitrogens is 2. The van der Waals surface area contributed by atoms with Crippen molar-refractivity contribution < 1.29 is 8.42 Å². The maximum atomic E-state index is 11.8. The van der Waals surface area contributed by atoms with Crippen LogP contribution in [0.4, 0.5) is 5.82 Å². The Morgan fingerprint density at radius 1 is 1.50 bits per heavy atom. The van der Waals surface area contributed by atoms with E-state index in [1.807, 2.05) is 6.07 Å². The van der Waals surface area contributed by atoms with Gasteiger partial charge in [0.05, 0.1) is 4.75 Å². The average Bonchev–Trinajstić information content (AvgIpc) is 2.43. The lowest BCUT2D eigenvalue weighted by Gasteiger charge is -2.19. The number of rotatable bonds is 2. The van der Waals surface area contributed by atoms with Crippen LogP contribution in [0.3, 0.4) is 0 Å². The minimum Gasteiger partial charge on any atom is -0.272 e. The summed E-state index contributed by atoms with van der Waals surface area (Å²) in [6.45, 7) is 4.72. The van der Waals surface area contributed by atoms with Gasteiger partial charge in [0.1, 0.15) is 11.6 Å². The molecule has 0 saturated heterocycles. The molecule has 0 aliphatic heterocycles. The SMILES string of the molecule is Cn1cc(C#N)c(NS(=O)(=O)C(C)(C)C)n1. The van der Waals surface area contributed by atoms with E-state index in [0.717, 1.165) is 0 Å². The van der Waals surface area contributed by atoms with Crippen LogP contribution in [0.15, 0.2) is 6.20 Å². The van der Waals surface area contributed by atoms with Crippen LogP contribution >= 0.6 is 0 Å². The van der Waals surface area contributed by atoms with E-state index in [4.69, 9.17) is 5.26 Å². The van der Waals surface area contributed by atoms with E-state index in [2.05, 4.69) is 9.82 Å². The Hall–Kier alpha value is -1.55. The van der Waals surface area contributed by atoms with Crippen LogP contribution in [-0.2, 0) is 17.1 Å². The number of aryl methyl sites for hydroxylation is 1. The molecule has 7 heteroatoms. The van der Waals surface area contributed by atoms with Gasteiger partial charge in [0.25, 0.3) is 0 Å². The first-order valence-electron chi connectivity index (χ1n) is 4.63. The summed E-state index contributed by atoms with van der Waals surface area (Å²) in [6, 6.07) is 1.88. The molecule has 0 spiro atoms. The predicted octanol–water partition coefficient (Wildman–Crippen LogP) is 0.832. The van der Waals surface area contributed by atoms with Crippen molar-refractivity contribution in [2.45, 2.75) is 25.5 Å². The molecule has 0 fully saturated rings. The van der Waals surface area contributed by atoms with Gasteiger partial charge in [-0.1, -0.05) is 0 Å². The van der Waals surface area contributed by atoms with E-state index in [1.165, 1.54) is 10.9 Å².